The largest absolute Gasteiger partial charge is 0.337 e. The Morgan fingerprint density at radius 3 is 2.83 bits per heavy atom. The highest BCUT2D eigenvalue weighted by atomic mass is 32.2. The molecular weight excluding hydrogens is 318 g/mol. The van der Waals surface area contributed by atoms with Gasteiger partial charge in [0.2, 0.25) is 15.9 Å². The summed E-state index contributed by atoms with van der Waals surface area (Å²) in [4.78, 5) is 13.8. The molecular formula is C14H17N5O3S. The Labute approximate surface area is 134 Å². The maximum absolute atomic E-state index is 12.2. The van der Waals surface area contributed by atoms with Crippen LogP contribution in [0.1, 0.15) is 11.6 Å². The Bertz CT molecular complexity index is 798. The standard InChI is InChI=1S/C14H17N5O3S/c1-11-3-2-4-13(7-11)23(21,22)16-8-14(20)18-9-12(10-18)19-6-5-15-17-19/h2-7,12,16H,8-10H2,1H3. The van der Waals surface area contributed by atoms with E-state index in [-0.39, 0.29) is 23.4 Å². The normalized spacial score (nSPS) is 15.4. The third-order valence-corrected chi connectivity index (χ3v) is 5.14. The highest BCUT2D eigenvalue weighted by Gasteiger charge is 2.32. The van der Waals surface area contributed by atoms with Crippen LogP contribution in [-0.4, -0.2) is 53.9 Å². The fraction of sp³-hybridized carbons (Fsp3) is 0.357. The van der Waals surface area contributed by atoms with E-state index in [9.17, 15) is 13.2 Å². The summed E-state index contributed by atoms with van der Waals surface area (Å²) in [6, 6.07) is 6.66. The van der Waals surface area contributed by atoms with Crippen molar-refractivity contribution in [3.05, 3.63) is 42.2 Å². The van der Waals surface area contributed by atoms with Gasteiger partial charge < -0.3 is 4.90 Å². The lowest BCUT2D eigenvalue weighted by molar-refractivity contribution is -0.135. The van der Waals surface area contributed by atoms with Crippen LogP contribution in [0, 0.1) is 6.92 Å². The van der Waals surface area contributed by atoms with Gasteiger partial charge in [0.05, 0.1) is 23.7 Å². The van der Waals surface area contributed by atoms with Gasteiger partial charge in [-0.1, -0.05) is 17.3 Å². The van der Waals surface area contributed by atoms with Crippen molar-refractivity contribution >= 4 is 15.9 Å². The molecule has 0 spiro atoms. The molecule has 0 unspecified atom stereocenters. The SMILES string of the molecule is Cc1cccc(S(=O)(=O)NCC(=O)N2CC(n3ccnn3)C2)c1. The molecule has 3 rings (SSSR count). The number of benzene rings is 1. The second-order valence-electron chi connectivity index (χ2n) is 5.48. The van der Waals surface area contributed by atoms with Crippen LogP contribution in [0.3, 0.4) is 0 Å². The van der Waals surface area contributed by atoms with Gasteiger partial charge in [-0.15, -0.1) is 5.10 Å². The predicted octanol–water partition coefficient (Wildman–Crippen LogP) is -0.0517. The van der Waals surface area contributed by atoms with Crippen LogP contribution in [-0.2, 0) is 14.8 Å². The Kier molecular flexibility index (Phi) is 4.14. The van der Waals surface area contributed by atoms with E-state index >= 15 is 0 Å². The second-order valence-corrected chi connectivity index (χ2v) is 7.24. The number of nitrogens with zero attached hydrogens (tertiary/aromatic N) is 4. The molecule has 1 aromatic carbocycles. The Morgan fingerprint density at radius 2 is 2.17 bits per heavy atom. The number of rotatable bonds is 5. The van der Waals surface area contributed by atoms with Crippen molar-refractivity contribution in [2.75, 3.05) is 19.6 Å². The highest BCUT2D eigenvalue weighted by molar-refractivity contribution is 7.89. The molecule has 2 aromatic rings. The van der Waals surface area contributed by atoms with E-state index in [0.29, 0.717) is 13.1 Å². The average Bonchev–Trinajstić information content (AvgIpc) is 2.98. The second kappa shape index (κ2) is 6.09. The summed E-state index contributed by atoms with van der Waals surface area (Å²) >= 11 is 0. The van der Waals surface area contributed by atoms with Gasteiger partial charge in [-0.3, -0.25) is 4.79 Å². The van der Waals surface area contributed by atoms with Crippen molar-refractivity contribution in [1.82, 2.24) is 24.6 Å². The molecule has 1 fully saturated rings. The van der Waals surface area contributed by atoms with Gasteiger partial charge in [0.15, 0.2) is 0 Å². The van der Waals surface area contributed by atoms with Crippen LogP contribution in [0.5, 0.6) is 0 Å². The first-order valence-electron chi connectivity index (χ1n) is 7.15. The average molecular weight is 335 g/mol. The predicted molar refractivity (Wildman–Crippen MR) is 82.0 cm³/mol. The van der Waals surface area contributed by atoms with Gasteiger partial charge in [-0.05, 0) is 24.6 Å². The zero-order valence-corrected chi connectivity index (χ0v) is 13.4. The first kappa shape index (κ1) is 15.6. The summed E-state index contributed by atoms with van der Waals surface area (Å²) in [5.41, 5.74) is 0.845. The van der Waals surface area contributed by atoms with Gasteiger partial charge in [0.25, 0.3) is 0 Å². The number of amides is 1. The summed E-state index contributed by atoms with van der Waals surface area (Å²) in [5, 5.41) is 7.60. The Morgan fingerprint density at radius 1 is 1.39 bits per heavy atom. The highest BCUT2D eigenvalue weighted by Crippen LogP contribution is 2.19. The van der Waals surface area contributed by atoms with E-state index in [0.717, 1.165) is 5.56 Å². The lowest BCUT2D eigenvalue weighted by Gasteiger charge is -2.38. The van der Waals surface area contributed by atoms with Gasteiger partial charge in [0.1, 0.15) is 0 Å². The topological polar surface area (TPSA) is 97.2 Å². The summed E-state index contributed by atoms with van der Waals surface area (Å²) < 4.78 is 28.4. The molecule has 1 aliphatic heterocycles. The minimum atomic E-state index is -3.68. The van der Waals surface area contributed by atoms with Crippen LogP contribution >= 0.6 is 0 Å². The minimum Gasteiger partial charge on any atom is -0.337 e. The number of nitrogens with one attached hydrogen (secondary N) is 1. The molecule has 122 valence electrons. The fourth-order valence-electron chi connectivity index (χ4n) is 2.37. The van der Waals surface area contributed by atoms with Crippen molar-refractivity contribution in [3.8, 4) is 0 Å². The lowest BCUT2D eigenvalue weighted by atomic mass is 10.1. The van der Waals surface area contributed by atoms with Gasteiger partial charge in [0, 0.05) is 19.3 Å². The summed E-state index contributed by atoms with van der Waals surface area (Å²) in [6.45, 7) is 2.58. The number of carbonyl (C=O) groups is 1. The van der Waals surface area contributed by atoms with Crippen LogP contribution in [0.2, 0.25) is 0 Å². The number of hydrogen-bond acceptors (Lipinski definition) is 5. The molecule has 1 saturated heterocycles. The van der Waals surface area contributed by atoms with E-state index in [1.807, 2.05) is 13.0 Å². The lowest BCUT2D eigenvalue weighted by Crippen LogP contribution is -2.53. The molecule has 0 aliphatic carbocycles. The first-order valence-corrected chi connectivity index (χ1v) is 8.64. The quantitative estimate of drug-likeness (QED) is 0.826. The molecule has 9 heteroatoms. The monoisotopic (exact) mass is 335 g/mol. The zero-order chi connectivity index (χ0) is 16.4. The molecule has 0 atom stereocenters. The molecule has 1 aliphatic rings. The number of aromatic nitrogens is 3. The number of sulfonamides is 1. The van der Waals surface area contributed by atoms with Crippen molar-refractivity contribution < 1.29 is 13.2 Å². The fourth-order valence-corrected chi connectivity index (χ4v) is 3.45. The molecule has 1 amide bonds. The molecule has 1 aromatic heterocycles. The Hall–Kier alpha value is -2.26. The minimum absolute atomic E-state index is 0.106. The third-order valence-electron chi connectivity index (χ3n) is 3.74. The van der Waals surface area contributed by atoms with Gasteiger partial charge in [-0.2, -0.15) is 0 Å². The maximum atomic E-state index is 12.2. The molecule has 0 saturated carbocycles. The number of aryl methyl sites for hydroxylation is 1. The molecule has 23 heavy (non-hydrogen) atoms. The first-order chi connectivity index (χ1) is 11.0. The van der Waals surface area contributed by atoms with Crippen molar-refractivity contribution in [1.29, 1.82) is 0 Å². The molecule has 2 heterocycles. The van der Waals surface area contributed by atoms with E-state index < -0.39 is 10.0 Å². The number of carbonyl (C=O) groups excluding carboxylic acids is 1. The number of likely N-dealkylation sites (tertiary alicyclic amines) is 1. The van der Waals surface area contributed by atoms with Gasteiger partial charge in [-0.25, -0.2) is 17.8 Å². The van der Waals surface area contributed by atoms with Crippen molar-refractivity contribution in [2.24, 2.45) is 0 Å². The molecule has 0 radical (unpaired) electrons. The van der Waals surface area contributed by atoms with Crippen LogP contribution in [0.15, 0.2) is 41.6 Å². The van der Waals surface area contributed by atoms with Crippen molar-refractivity contribution in [2.45, 2.75) is 17.9 Å². The Balaban J connectivity index is 1.53. The molecule has 1 N–H and O–H groups in total. The van der Waals surface area contributed by atoms with E-state index in [1.54, 1.807) is 34.1 Å². The molecule has 0 bridgehead atoms. The molecule has 8 nitrogen and oxygen atoms in total. The summed E-state index contributed by atoms with van der Waals surface area (Å²) in [6.07, 6.45) is 3.33. The van der Waals surface area contributed by atoms with E-state index in [1.165, 1.54) is 6.07 Å². The van der Waals surface area contributed by atoms with E-state index in [4.69, 9.17) is 0 Å². The maximum Gasteiger partial charge on any atom is 0.241 e. The van der Waals surface area contributed by atoms with Crippen LogP contribution < -0.4 is 4.72 Å². The zero-order valence-electron chi connectivity index (χ0n) is 12.6. The van der Waals surface area contributed by atoms with Crippen LogP contribution in [0.25, 0.3) is 0 Å². The summed E-state index contributed by atoms with van der Waals surface area (Å²) in [7, 11) is -3.68. The van der Waals surface area contributed by atoms with E-state index in [2.05, 4.69) is 15.0 Å². The number of hydrogen-bond donors (Lipinski definition) is 1. The third kappa shape index (κ3) is 3.40. The van der Waals surface area contributed by atoms with Crippen molar-refractivity contribution in [3.63, 3.8) is 0 Å². The van der Waals surface area contributed by atoms with Gasteiger partial charge >= 0.3 is 0 Å². The summed E-state index contributed by atoms with van der Waals surface area (Å²) in [5.74, 6) is -0.252. The van der Waals surface area contributed by atoms with Crippen LogP contribution in [0.4, 0.5) is 0 Å². The smallest absolute Gasteiger partial charge is 0.241 e.